The first kappa shape index (κ1) is 15.8. The summed E-state index contributed by atoms with van der Waals surface area (Å²) < 4.78 is 5.24. The number of carbonyl (C=O) groups excluding carboxylic acids is 1. The van der Waals surface area contributed by atoms with Gasteiger partial charge in [0.2, 0.25) is 5.88 Å². The summed E-state index contributed by atoms with van der Waals surface area (Å²) in [5, 5.41) is 0. The van der Waals surface area contributed by atoms with Gasteiger partial charge in [-0.2, -0.15) is 0 Å². The molecule has 2 unspecified atom stereocenters. The van der Waals surface area contributed by atoms with Crippen LogP contribution < -0.4 is 9.64 Å². The predicted octanol–water partition coefficient (Wildman–Crippen LogP) is 1.60. The molecule has 0 aromatic carbocycles. The summed E-state index contributed by atoms with van der Waals surface area (Å²) in [7, 11) is 1.54. The minimum atomic E-state index is 0.000832. The first-order chi connectivity index (χ1) is 12.1. The summed E-state index contributed by atoms with van der Waals surface area (Å²) in [5.41, 5.74) is 1.50. The van der Waals surface area contributed by atoms with Gasteiger partial charge in [-0.1, -0.05) is 0 Å². The summed E-state index contributed by atoms with van der Waals surface area (Å²) >= 11 is 0. The van der Waals surface area contributed by atoms with Crippen LogP contribution in [0.3, 0.4) is 0 Å². The molecule has 7 heteroatoms. The van der Waals surface area contributed by atoms with Crippen molar-refractivity contribution in [1.82, 2.24) is 19.9 Å². The molecule has 3 saturated heterocycles. The van der Waals surface area contributed by atoms with Crippen molar-refractivity contribution in [1.29, 1.82) is 0 Å². The largest absolute Gasteiger partial charge is 0.480 e. The number of fused-ring (bicyclic) bond motifs is 2. The number of nitrogens with zero attached hydrogens (tertiary/aromatic N) is 5. The zero-order valence-electron chi connectivity index (χ0n) is 14.6. The summed E-state index contributed by atoms with van der Waals surface area (Å²) in [6.07, 6.45) is 2.67. The second-order valence-corrected chi connectivity index (χ2v) is 6.64. The van der Waals surface area contributed by atoms with Gasteiger partial charge in [-0.25, -0.2) is 15.0 Å². The quantitative estimate of drug-likeness (QED) is 0.846. The lowest BCUT2D eigenvalue weighted by Gasteiger charge is -2.56. The number of methoxy groups -OCH3 is 1. The molecule has 5 heterocycles. The van der Waals surface area contributed by atoms with Gasteiger partial charge in [-0.15, -0.1) is 0 Å². The second-order valence-electron chi connectivity index (χ2n) is 6.64. The van der Waals surface area contributed by atoms with Gasteiger partial charge < -0.3 is 14.5 Å². The van der Waals surface area contributed by atoms with Gasteiger partial charge in [0, 0.05) is 31.0 Å². The number of anilines is 1. The highest BCUT2D eigenvalue weighted by molar-refractivity contribution is 5.97. The number of amides is 1. The normalized spacial score (nSPS) is 21.7. The second kappa shape index (κ2) is 5.98. The molecule has 0 saturated carbocycles. The number of hydrogen-bond donors (Lipinski definition) is 0. The third kappa shape index (κ3) is 2.69. The molecule has 5 rings (SSSR count). The zero-order chi connectivity index (χ0) is 17.6. The summed E-state index contributed by atoms with van der Waals surface area (Å²) in [5.74, 6) is 2.12. The van der Waals surface area contributed by atoms with Crippen LogP contribution in [0.15, 0.2) is 24.4 Å². The van der Waals surface area contributed by atoms with Crippen molar-refractivity contribution >= 4 is 11.7 Å². The summed E-state index contributed by atoms with van der Waals surface area (Å²) in [6, 6.07) is 5.95. The maximum absolute atomic E-state index is 12.9. The average Bonchev–Trinajstić information content (AvgIpc) is 2.60. The van der Waals surface area contributed by atoms with Crippen molar-refractivity contribution in [3.8, 4) is 5.88 Å². The first-order valence-electron chi connectivity index (χ1n) is 8.45. The molecule has 2 aromatic rings. The van der Waals surface area contributed by atoms with Gasteiger partial charge in [-0.3, -0.25) is 4.79 Å². The highest BCUT2D eigenvalue weighted by atomic mass is 16.5. The Morgan fingerprint density at radius 1 is 1.24 bits per heavy atom. The molecule has 2 bridgehead atoms. The van der Waals surface area contributed by atoms with Gasteiger partial charge in [0.05, 0.1) is 19.2 Å². The SMILES string of the molecule is COc1ncccc1C(=O)N1C2CC1CN(c1cc(C)nc(C)n1)C2. The Balaban J connectivity index is 1.53. The summed E-state index contributed by atoms with van der Waals surface area (Å²) in [6.45, 7) is 5.47. The highest BCUT2D eigenvalue weighted by Gasteiger charge is 2.48. The Kier molecular flexibility index (Phi) is 3.78. The fourth-order valence-electron chi connectivity index (χ4n) is 3.84. The highest BCUT2D eigenvalue weighted by Crippen LogP contribution is 2.36. The number of rotatable bonds is 3. The van der Waals surface area contributed by atoms with E-state index in [1.807, 2.05) is 24.8 Å². The van der Waals surface area contributed by atoms with E-state index in [0.717, 1.165) is 36.8 Å². The van der Waals surface area contributed by atoms with Gasteiger partial charge in [0.1, 0.15) is 17.2 Å². The molecule has 2 aromatic heterocycles. The molecule has 25 heavy (non-hydrogen) atoms. The van der Waals surface area contributed by atoms with Crippen molar-refractivity contribution < 1.29 is 9.53 Å². The standard InChI is InChI=1S/C18H21N5O2/c1-11-7-16(21-12(2)20-11)22-9-13-8-14(10-22)23(13)18(24)15-5-4-6-19-17(15)25-3/h4-7,13-14H,8-10H2,1-3H3. The first-order valence-corrected chi connectivity index (χ1v) is 8.45. The van der Waals surface area contributed by atoms with Gasteiger partial charge in [-0.05, 0) is 32.4 Å². The average molecular weight is 339 g/mol. The van der Waals surface area contributed by atoms with Crippen molar-refractivity contribution in [2.45, 2.75) is 32.4 Å². The Hall–Kier alpha value is -2.70. The van der Waals surface area contributed by atoms with Gasteiger partial charge >= 0.3 is 0 Å². The molecule has 7 nitrogen and oxygen atoms in total. The van der Waals surface area contributed by atoms with Crippen LogP contribution in [-0.2, 0) is 0 Å². The zero-order valence-corrected chi connectivity index (χ0v) is 14.6. The molecule has 0 aliphatic carbocycles. The monoisotopic (exact) mass is 339 g/mol. The van der Waals surface area contributed by atoms with Crippen LogP contribution in [0.5, 0.6) is 5.88 Å². The number of ether oxygens (including phenoxy) is 1. The number of hydrogen-bond acceptors (Lipinski definition) is 6. The lowest BCUT2D eigenvalue weighted by Crippen LogP contribution is -2.70. The van der Waals surface area contributed by atoms with E-state index >= 15 is 0 Å². The Morgan fingerprint density at radius 3 is 2.68 bits per heavy atom. The fraction of sp³-hybridized carbons (Fsp3) is 0.444. The number of carbonyl (C=O) groups is 1. The van der Waals surface area contributed by atoms with Gasteiger partial charge in [0.25, 0.3) is 5.91 Å². The van der Waals surface area contributed by atoms with Crippen LogP contribution in [0.25, 0.3) is 0 Å². The molecule has 3 aliphatic rings. The molecule has 0 radical (unpaired) electrons. The lowest BCUT2D eigenvalue weighted by atomic mass is 9.86. The van der Waals surface area contributed by atoms with Crippen LogP contribution in [0.4, 0.5) is 5.82 Å². The minimum absolute atomic E-state index is 0.000832. The van der Waals surface area contributed by atoms with Crippen molar-refractivity contribution in [2.75, 3.05) is 25.1 Å². The molecule has 3 fully saturated rings. The minimum Gasteiger partial charge on any atom is -0.480 e. The number of pyridine rings is 1. The fourth-order valence-corrected chi connectivity index (χ4v) is 3.84. The number of piperidine rings is 1. The van der Waals surface area contributed by atoms with E-state index in [2.05, 4.69) is 19.9 Å². The van der Waals surface area contributed by atoms with Crippen molar-refractivity contribution in [2.24, 2.45) is 0 Å². The Labute approximate surface area is 146 Å². The predicted molar refractivity (Wildman–Crippen MR) is 92.9 cm³/mol. The van der Waals surface area contributed by atoms with Crippen LogP contribution in [0.1, 0.15) is 28.3 Å². The van der Waals surface area contributed by atoms with E-state index in [9.17, 15) is 4.79 Å². The van der Waals surface area contributed by atoms with E-state index in [-0.39, 0.29) is 18.0 Å². The molecule has 1 amide bonds. The molecular formula is C18H21N5O2. The number of aromatic nitrogens is 3. The third-order valence-corrected chi connectivity index (χ3v) is 4.90. The van der Waals surface area contributed by atoms with Crippen LogP contribution in [-0.4, -0.2) is 58.0 Å². The smallest absolute Gasteiger partial charge is 0.259 e. The lowest BCUT2D eigenvalue weighted by molar-refractivity contribution is 0.00544. The van der Waals surface area contributed by atoms with E-state index in [4.69, 9.17) is 4.74 Å². The van der Waals surface area contributed by atoms with Crippen LogP contribution in [0.2, 0.25) is 0 Å². The van der Waals surface area contributed by atoms with Crippen LogP contribution >= 0.6 is 0 Å². The molecule has 0 N–H and O–H groups in total. The van der Waals surface area contributed by atoms with E-state index in [0.29, 0.717) is 11.4 Å². The topological polar surface area (TPSA) is 71.5 Å². The Morgan fingerprint density at radius 2 is 2.00 bits per heavy atom. The maximum atomic E-state index is 12.9. The third-order valence-electron chi connectivity index (χ3n) is 4.90. The Bertz CT molecular complexity index is 793. The molecule has 0 spiro atoms. The number of piperazine rings is 1. The molecule has 2 atom stereocenters. The van der Waals surface area contributed by atoms with E-state index < -0.39 is 0 Å². The number of aryl methyl sites for hydroxylation is 2. The summed E-state index contributed by atoms with van der Waals surface area (Å²) in [4.78, 5) is 30.2. The maximum Gasteiger partial charge on any atom is 0.259 e. The van der Waals surface area contributed by atoms with Crippen molar-refractivity contribution in [3.63, 3.8) is 0 Å². The van der Waals surface area contributed by atoms with Crippen molar-refractivity contribution in [3.05, 3.63) is 41.5 Å². The molecule has 3 aliphatic heterocycles. The van der Waals surface area contributed by atoms with Gasteiger partial charge in [0.15, 0.2) is 0 Å². The van der Waals surface area contributed by atoms with E-state index in [1.54, 1.807) is 18.3 Å². The van der Waals surface area contributed by atoms with E-state index in [1.165, 1.54) is 7.11 Å². The molecule has 130 valence electrons. The van der Waals surface area contributed by atoms with Crippen LogP contribution in [0, 0.1) is 13.8 Å². The molecular weight excluding hydrogens is 318 g/mol.